The predicted molar refractivity (Wildman–Crippen MR) is 106 cm³/mol. The minimum Gasteiger partial charge on any atom is -0.452 e. The summed E-state index contributed by atoms with van der Waals surface area (Å²) < 4.78 is 45.5. The van der Waals surface area contributed by atoms with Crippen molar-refractivity contribution in [2.24, 2.45) is 7.05 Å². The zero-order valence-electron chi connectivity index (χ0n) is 16.6. The average Bonchev–Trinajstić information content (AvgIpc) is 2.95. The molecule has 1 N–H and O–H groups in total. The Balaban J connectivity index is 1.68. The highest BCUT2D eigenvalue weighted by Crippen LogP contribution is 2.29. The lowest BCUT2D eigenvalue weighted by molar-refractivity contribution is -0.137. The van der Waals surface area contributed by atoms with Crippen molar-refractivity contribution in [3.8, 4) is 5.69 Å². The summed E-state index contributed by atoms with van der Waals surface area (Å²) in [6.07, 6.45) is -4.53. The molecule has 0 saturated heterocycles. The van der Waals surface area contributed by atoms with Crippen LogP contribution in [0.1, 0.15) is 21.6 Å². The monoisotopic (exact) mass is 433 g/mol. The van der Waals surface area contributed by atoms with Crippen LogP contribution in [0.25, 0.3) is 5.69 Å². The molecule has 0 fully saturated rings. The molecule has 0 atom stereocenters. The summed E-state index contributed by atoms with van der Waals surface area (Å²) in [6, 6.07) is 12.2. The highest BCUT2D eigenvalue weighted by molar-refractivity contribution is 5.95. The van der Waals surface area contributed by atoms with Gasteiger partial charge in [0.15, 0.2) is 6.61 Å². The molecule has 0 aliphatic rings. The molecule has 3 rings (SSSR count). The molecule has 31 heavy (non-hydrogen) atoms. The number of anilines is 1. The Morgan fingerprint density at radius 2 is 1.65 bits per heavy atom. The number of hydrogen-bond acceptors (Lipinski definition) is 4. The first-order valence-electron chi connectivity index (χ1n) is 9.08. The molecule has 0 radical (unpaired) electrons. The van der Waals surface area contributed by atoms with Crippen molar-refractivity contribution in [1.82, 2.24) is 9.36 Å². The molecule has 1 amide bonds. The third-order valence-corrected chi connectivity index (χ3v) is 4.60. The topological polar surface area (TPSA) is 82.3 Å². The van der Waals surface area contributed by atoms with Crippen LogP contribution >= 0.6 is 0 Å². The number of benzene rings is 2. The maximum atomic E-state index is 12.7. The van der Waals surface area contributed by atoms with Crippen molar-refractivity contribution in [2.45, 2.75) is 13.1 Å². The van der Waals surface area contributed by atoms with E-state index in [4.69, 9.17) is 4.74 Å². The SMILES string of the molecule is Cc1c(NC(=O)COC(=O)c2ccc(C(F)(F)F)cc2)c(=O)n(-c2ccccc2)n1C. The number of esters is 1. The number of carbonyl (C=O) groups is 2. The lowest BCUT2D eigenvalue weighted by atomic mass is 10.1. The van der Waals surface area contributed by atoms with Crippen molar-refractivity contribution in [1.29, 1.82) is 0 Å². The number of carbonyl (C=O) groups excluding carboxylic acids is 2. The van der Waals surface area contributed by atoms with Crippen molar-refractivity contribution in [3.63, 3.8) is 0 Å². The molecule has 0 aliphatic heterocycles. The van der Waals surface area contributed by atoms with Gasteiger partial charge in [0.2, 0.25) is 0 Å². The van der Waals surface area contributed by atoms with Gasteiger partial charge in [-0.05, 0) is 43.3 Å². The van der Waals surface area contributed by atoms with Gasteiger partial charge in [-0.1, -0.05) is 18.2 Å². The van der Waals surface area contributed by atoms with E-state index in [2.05, 4.69) is 5.32 Å². The van der Waals surface area contributed by atoms with E-state index in [-0.39, 0.29) is 11.3 Å². The van der Waals surface area contributed by atoms with Crippen LogP contribution in [0, 0.1) is 6.92 Å². The summed E-state index contributed by atoms with van der Waals surface area (Å²) in [5.74, 6) is -1.72. The second-order valence-electron chi connectivity index (χ2n) is 6.64. The van der Waals surface area contributed by atoms with Crippen LogP contribution in [0.3, 0.4) is 0 Å². The summed E-state index contributed by atoms with van der Waals surface area (Å²) in [6.45, 7) is 0.934. The molecule has 0 spiro atoms. The van der Waals surface area contributed by atoms with E-state index in [1.165, 1.54) is 4.68 Å². The number of halogens is 3. The summed E-state index contributed by atoms with van der Waals surface area (Å²) in [7, 11) is 1.66. The van der Waals surface area contributed by atoms with Crippen LogP contribution in [0.5, 0.6) is 0 Å². The maximum Gasteiger partial charge on any atom is 0.416 e. The van der Waals surface area contributed by atoms with E-state index in [1.807, 2.05) is 0 Å². The van der Waals surface area contributed by atoms with Crippen LogP contribution in [0.2, 0.25) is 0 Å². The summed E-state index contributed by atoms with van der Waals surface area (Å²) in [5, 5.41) is 2.43. The van der Waals surface area contributed by atoms with Crippen molar-refractivity contribution >= 4 is 17.6 Å². The quantitative estimate of drug-likeness (QED) is 0.626. The number of hydrogen-bond donors (Lipinski definition) is 1. The molecule has 0 aliphatic carbocycles. The van der Waals surface area contributed by atoms with Gasteiger partial charge in [0, 0.05) is 7.05 Å². The number of nitrogens with one attached hydrogen (secondary N) is 1. The smallest absolute Gasteiger partial charge is 0.416 e. The van der Waals surface area contributed by atoms with Gasteiger partial charge in [0.1, 0.15) is 5.69 Å². The largest absolute Gasteiger partial charge is 0.452 e. The van der Waals surface area contributed by atoms with Crippen molar-refractivity contribution < 1.29 is 27.5 Å². The fourth-order valence-electron chi connectivity index (χ4n) is 2.90. The fourth-order valence-corrected chi connectivity index (χ4v) is 2.90. The number of amides is 1. The average molecular weight is 433 g/mol. The Labute approximate surface area is 174 Å². The molecular weight excluding hydrogens is 415 g/mol. The second kappa shape index (κ2) is 8.50. The van der Waals surface area contributed by atoms with Crippen LogP contribution in [-0.4, -0.2) is 27.8 Å². The lowest BCUT2D eigenvalue weighted by Gasteiger charge is -2.08. The maximum absolute atomic E-state index is 12.7. The number of aromatic nitrogens is 2. The molecule has 10 heteroatoms. The molecule has 1 aromatic heterocycles. The van der Waals surface area contributed by atoms with Gasteiger partial charge in [-0.3, -0.25) is 14.3 Å². The second-order valence-corrected chi connectivity index (χ2v) is 6.64. The Hall–Kier alpha value is -3.82. The molecular formula is C21H18F3N3O4. The molecule has 2 aromatic carbocycles. The Morgan fingerprint density at radius 3 is 2.23 bits per heavy atom. The van der Waals surface area contributed by atoms with E-state index in [1.54, 1.807) is 49.0 Å². The minimum absolute atomic E-state index is 0.0296. The van der Waals surface area contributed by atoms with Gasteiger partial charge < -0.3 is 10.1 Å². The zero-order chi connectivity index (χ0) is 22.8. The van der Waals surface area contributed by atoms with Crippen LogP contribution < -0.4 is 10.9 Å². The Bertz CT molecular complexity index is 1160. The summed E-state index contributed by atoms with van der Waals surface area (Å²) >= 11 is 0. The molecule has 0 saturated carbocycles. The number of ether oxygens (including phenoxy) is 1. The van der Waals surface area contributed by atoms with Gasteiger partial charge in [0.25, 0.3) is 11.5 Å². The van der Waals surface area contributed by atoms with E-state index in [0.29, 0.717) is 11.4 Å². The first-order chi connectivity index (χ1) is 14.6. The third-order valence-electron chi connectivity index (χ3n) is 4.60. The van der Waals surface area contributed by atoms with Crippen LogP contribution in [0.4, 0.5) is 18.9 Å². The molecule has 0 unspecified atom stereocenters. The number of nitrogens with zero attached hydrogens (tertiary/aromatic N) is 2. The molecule has 7 nitrogen and oxygen atoms in total. The van der Waals surface area contributed by atoms with Gasteiger partial charge in [-0.2, -0.15) is 13.2 Å². The van der Waals surface area contributed by atoms with Crippen LogP contribution in [-0.2, 0) is 22.8 Å². The third kappa shape index (κ3) is 4.68. The summed E-state index contributed by atoms with van der Waals surface area (Å²) in [4.78, 5) is 36.9. The molecule has 3 aromatic rings. The number of rotatable bonds is 5. The van der Waals surface area contributed by atoms with E-state index < -0.39 is 35.8 Å². The summed E-state index contributed by atoms with van der Waals surface area (Å²) in [5.41, 5.74) is -0.390. The van der Waals surface area contributed by atoms with Gasteiger partial charge in [-0.25, -0.2) is 9.48 Å². The number of alkyl halides is 3. The highest BCUT2D eigenvalue weighted by Gasteiger charge is 2.30. The van der Waals surface area contributed by atoms with Crippen molar-refractivity contribution in [3.05, 3.63) is 81.8 Å². The first-order valence-corrected chi connectivity index (χ1v) is 9.08. The van der Waals surface area contributed by atoms with Gasteiger partial charge >= 0.3 is 12.1 Å². The molecule has 0 bridgehead atoms. The molecule has 162 valence electrons. The zero-order valence-corrected chi connectivity index (χ0v) is 16.6. The van der Waals surface area contributed by atoms with E-state index >= 15 is 0 Å². The van der Waals surface area contributed by atoms with Crippen molar-refractivity contribution in [2.75, 3.05) is 11.9 Å². The standard InChI is InChI=1S/C21H18F3N3O4/c1-13-18(19(29)27(26(13)2)16-6-4-3-5-7-16)25-17(28)12-31-20(30)14-8-10-15(11-9-14)21(22,23)24/h3-11H,12H2,1-2H3,(H,25,28). The Kier molecular flexibility index (Phi) is 6.00. The van der Waals surface area contributed by atoms with E-state index in [9.17, 15) is 27.6 Å². The Morgan fingerprint density at radius 1 is 1.03 bits per heavy atom. The van der Waals surface area contributed by atoms with Gasteiger partial charge in [-0.15, -0.1) is 0 Å². The molecule has 1 heterocycles. The highest BCUT2D eigenvalue weighted by atomic mass is 19.4. The first kappa shape index (κ1) is 21.9. The fraction of sp³-hybridized carbons (Fsp3) is 0.190. The van der Waals surface area contributed by atoms with E-state index in [0.717, 1.165) is 24.3 Å². The normalized spacial score (nSPS) is 11.3. The minimum atomic E-state index is -4.53. The predicted octanol–water partition coefficient (Wildman–Crippen LogP) is 3.30. The number of para-hydroxylation sites is 1. The van der Waals surface area contributed by atoms with Crippen LogP contribution in [0.15, 0.2) is 59.4 Å². The van der Waals surface area contributed by atoms with Gasteiger partial charge in [0.05, 0.1) is 22.5 Å². The lowest BCUT2D eigenvalue weighted by Crippen LogP contribution is -2.25.